The van der Waals surface area contributed by atoms with Crippen LogP contribution in [0.4, 0.5) is 11.4 Å². The molecule has 1 N–H and O–H groups in total. The fraction of sp³-hybridized carbons (Fsp3) is 0.278. The summed E-state index contributed by atoms with van der Waals surface area (Å²) in [4.78, 5) is 14.7. The minimum absolute atomic E-state index is 0.115. The van der Waals surface area contributed by atoms with Crippen molar-refractivity contribution < 1.29 is 4.79 Å². The van der Waals surface area contributed by atoms with Crippen molar-refractivity contribution in [1.29, 1.82) is 0 Å². The Bertz CT molecular complexity index is 758. The monoisotopic (exact) mass is 382 g/mol. The van der Waals surface area contributed by atoms with Gasteiger partial charge in [0.15, 0.2) is 0 Å². The molecule has 1 fully saturated rings. The lowest BCUT2D eigenvalue weighted by Gasteiger charge is -2.22. The highest BCUT2D eigenvalue weighted by atomic mass is 35.5. The first-order chi connectivity index (χ1) is 11.5. The van der Waals surface area contributed by atoms with Gasteiger partial charge >= 0.3 is 0 Å². The molecule has 126 valence electrons. The molecule has 0 saturated carbocycles. The minimum Gasteiger partial charge on any atom is -0.370 e. The number of rotatable bonds is 4. The summed E-state index contributed by atoms with van der Waals surface area (Å²) in [6.07, 6.45) is 2.56. The zero-order valence-corrected chi connectivity index (χ0v) is 15.3. The molecule has 0 unspecified atom stereocenters. The average Bonchev–Trinajstić information content (AvgIpc) is 3.05. The maximum atomic E-state index is 12.4. The Morgan fingerprint density at radius 3 is 2.46 bits per heavy atom. The van der Waals surface area contributed by atoms with Gasteiger partial charge in [0.05, 0.1) is 27.8 Å². The number of carbonyl (C=O) groups excluding carboxylic acids is 1. The summed E-state index contributed by atoms with van der Waals surface area (Å²) in [6, 6.07) is 10.8. The molecular formula is C18H17Cl3N2O. The highest BCUT2D eigenvalue weighted by molar-refractivity contribution is 6.42. The predicted octanol–water partition coefficient (Wildman–Crippen LogP) is 5.43. The van der Waals surface area contributed by atoms with Crippen molar-refractivity contribution in [2.45, 2.75) is 19.3 Å². The van der Waals surface area contributed by atoms with Gasteiger partial charge < -0.3 is 10.2 Å². The van der Waals surface area contributed by atoms with Crippen LogP contribution in [0.25, 0.3) is 0 Å². The molecule has 6 heteroatoms. The van der Waals surface area contributed by atoms with Crippen LogP contribution in [-0.2, 0) is 11.2 Å². The molecule has 0 spiro atoms. The Morgan fingerprint density at radius 2 is 1.75 bits per heavy atom. The van der Waals surface area contributed by atoms with Crippen molar-refractivity contribution in [3.63, 3.8) is 0 Å². The fourth-order valence-corrected chi connectivity index (χ4v) is 3.36. The normalized spacial score (nSPS) is 14.0. The average molecular weight is 384 g/mol. The van der Waals surface area contributed by atoms with E-state index in [1.54, 1.807) is 24.3 Å². The van der Waals surface area contributed by atoms with Crippen molar-refractivity contribution in [2.75, 3.05) is 23.3 Å². The summed E-state index contributed by atoms with van der Waals surface area (Å²) in [7, 11) is 0. The van der Waals surface area contributed by atoms with E-state index in [0.29, 0.717) is 15.1 Å². The van der Waals surface area contributed by atoms with Crippen LogP contribution in [0.5, 0.6) is 0 Å². The molecule has 1 heterocycles. The first-order valence-corrected chi connectivity index (χ1v) is 8.94. The van der Waals surface area contributed by atoms with E-state index in [-0.39, 0.29) is 12.3 Å². The molecule has 0 aromatic heterocycles. The molecule has 0 bridgehead atoms. The third-order valence-corrected chi connectivity index (χ3v) is 5.00. The third kappa shape index (κ3) is 4.15. The highest BCUT2D eigenvalue weighted by Crippen LogP contribution is 2.32. The molecule has 0 aliphatic carbocycles. The summed E-state index contributed by atoms with van der Waals surface area (Å²) < 4.78 is 0. The number of amides is 1. The number of carbonyl (C=O) groups is 1. The summed E-state index contributed by atoms with van der Waals surface area (Å²) in [5.41, 5.74) is 2.57. The first kappa shape index (κ1) is 17.4. The third-order valence-electron chi connectivity index (χ3n) is 4.03. The molecule has 1 aliphatic rings. The Labute approximate surface area is 156 Å². The lowest BCUT2D eigenvalue weighted by Crippen LogP contribution is -2.21. The lowest BCUT2D eigenvalue weighted by atomic mass is 10.1. The molecule has 0 radical (unpaired) electrons. The summed E-state index contributed by atoms with van der Waals surface area (Å²) in [6.45, 7) is 1.99. The van der Waals surface area contributed by atoms with E-state index in [9.17, 15) is 4.79 Å². The van der Waals surface area contributed by atoms with E-state index >= 15 is 0 Å². The molecule has 1 amide bonds. The van der Waals surface area contributed by atoms with Crippen LogP contribution < -0.4 is 10.2 Å². The number of halogens is 3. The van der Waals surface area contributed by atoms with Gasteiger partial charge in [-0.3, -0.25) is 4.79 Å². The largest absolute Gasteiger partial charge is 0.370 e. The van der Waals surface area contributed by atoms with Crippen LogP contribution >= 0.6 is 34.8 Å². The van der Waals surface area contributed by atoms with Crippen LogP contribution in [0.2, 0.25) is 15.1 Å². The molecule has 1 saturated heterocycles. The van der Waals surface area contributed by atoms with Gasteiger partial charge in [0.25, 0.3) is 0 Å². The van der Waals surface area contributed by atoms with Crippen LogP contribution in [0.3, 0.4) is 0 Å². The van der Waals surface area contributed by atoms with E-state index < -0.39 is 0 Å². The summed E-state index contributed by atoms with van der Waals surface area (Å²) in [5, 5.41) is 4.49. The number of benzene rings is 2. The number of nitrogens with zero attached hydrogens (tertiary/aromatic N) is 1. The standard InChI is InChI=1S/C18H17Cl3N2O/c19-13-4-6-17(23-7-1-2-8-23)16(11-13)22-18(24)10-12-3-5-14(20)15(21)9-12/h3-6,9,11H,1-2,7-8,10H2,(H,22,24). The first-order valence-electron chi connectivity index (χ1n) is 7.81. The quantitative estimate of drug-likeness (QED) is 0.763. The van der Waals surface area contributed by atoms with Crippen LogP contribution in [-0.4, -0.2) is 19.0 Å². The lowest BCUT2D eigenvalue weighted by molar-refractivity contribution is -0.115. The van der Waals surface area contributed by atoms with Gasteiger partial charge in [-0.2, -0.15) is 0 Å². The molecule has 3 nitrogen and oxygen atoms in total. The Kier molecular flexibility index (Phi) is 5.54. The molecule has 1 aliphatic heterocycles. The topological polar surface area (TPSA) is 32.3 Å². The van der Waals surface area contributed by atoms with E-state index in [1.165, 1.54) is 12.8 Å². The summed E-state index contributed by atoms with van der Waals surface area (Å²) in [5.74, 6) is -0.115. The van der Waals surface area contributed by atoms with Gasteiger partial charge in [0.1, 0.15) is 0 Å². The second-order valence-corrected chi connectivity index (χ2v) is 7.08. The molecule has 2 aromatic carbocycles. The number of nitrogens with one attached hydrogen (secondary N) is 1. The molecular weight excluding hydrogens is 367 g/mol. The SMILES string of the molecule is O=C(Cc1ccc(Cl)c(Cl)c1)Nc1cc(Cl)ccc1N1CCCC1. The van der Waals surface area contributed by atoms with Crippen molar-refractivity contribution in [3.8, 4) is 0 Å². The van der Waals surface area contributed by atoms with Crippen molar-refractivity contribution >= 4 is 52.1 Å². The highest BCUT2D eigenvalue weighted by Gasteiger charge is 2.17. The second kappa shape index (κ2) is 7.64. The molecule has 3 rings (SSSR count). The van der Waals surface area contributed by atoms with E-state index in [0.717, 1.165) is 30.0 Å². The number of hydrogen-bond acceptors (Lipinski definition) is 2. The fourth-order valence-electron chi connectivity index (χ4n) is 2.87. The van der Waals surface area contributed by atoms with E-state index in [2.05, 4.69) is 10.2 Å². The van der Waals surface area contributed by atoms with Crippen LogP contribution in [0.15, 0.2) is 36.4 Å². The minimum atomic E-state index is -0.115. The van der Waals surface area contributed by atoms with Gasteiger partial charge in [0.2, 0.25) is 5.91 Å². The predicted molar refractivity (Wildman–Crippen MR) is 102 cm³/mol. The van der Waals surface area contributed by atoms with Gasteiger partial charge in [-0.05, 0) is 48.7 Å². The molecule has 24 heavy (non-hydrogen) atoms. The Balaban J connectivity index is 1.75. The molecule has 0 atom stereocenters. The number of anilines is 2. The van der Waals surface area contributed by atoms with Gasteiger partial charge in [-0.1, -0.05) is 40.9 Å². The smallest absolute Gasteiger partial charge is 0.228 e. The molecule has 2 aromatic rings. The zero-order valence-electron chi connectivity index (χ0n) is 13.0. The van der Waals surface area contributed by atoms with E-state index in [1.807, 2.05) is 12.1 Å². The number of hydrogen-bond donors (Lipinski definition) is 1. The van der Waals surface area contributed by atoms with Gasteiger partial charge in [-0.25, -0.2) is 0 Å². The maximum absolute atomic E-state index is 12.4. The Morgan fingerprint density at radius 1 is 1.00 bits per heavy atom. The zero-order chi connectivity index (χ0) is 17.1. The van der Waals surface area contributed by atoms with Crippen molar-refractivity contribution in [1.82, 2.24) is 0 Å². The van der Waals surface area contributed by atoms with Crippen molar-refractivity contribution in [3.05, 3.63) is 57.0 Å². The van der Waals surface area contributed by atoms with Gasteiger partial charge in [-0.15, -0.1) is 0 Å². The van der Waals surface area contributed by atoms with Crippen molar-refractivity contribution in [2.24, 2.45) is 0 Å². The van der Waals surface area contributed by atoms with E-state index in [4.69, 9.17) is 34.8 Å². The summed E-state index contributed by atoms with van der Waals surface area (Å²) >= 11 is 18.0. The Hall–Kier alpha value is -1.42. The van der Waals surface area contributed by atoms with Crippen LogP contribution in [0, 0.1) is 0 Å². The second-order valence-electron chi connectivity index (χ2n) is 5.83. The van der Waals surface area contributed by atoms with Crippen LogP contribution in [0.1, 0.15) is 18.4 Å². The van der Waals surface area contributed by atoms with Gasteiger partial charge in [0, 0.05) is 18.1 Å². The maximum Gasteiger partial charge on any atom is 0.228 e.